The van der Waals surface area contributed by atoms with Crippen LogP contribution < -0.4 is 14.8 Å². The maximum atomic E-state index is 6.08. The Labute approximate surface area is 119 Å². The van der Waals surface area contributed by atoms with Crippen LogP contribution in [0.5, 0.6) is 11.5 Å². The minimum Gasteiger partial charge on any atom is -0.486 e. The molecule has 1 heterocycles. The van der Waals surface area contributed by atoms with Crippen molar-refractivity contribution in [3.8, 4) is 11.5 Å². The van der Waals surface area contributed by atoms with Gasteiger partial charge in [-0.25, -0.2) is 0 Å². The summed E-state index contributed by atoms with van der Waals surface area (Å²) in [5, 5.41) is 3.33. The second-order valence-corrected chi connectivity index (χ2v) is 5.09. The highest BCUT2D eigenvalue weighted by atomic mass is 16.6. The normalized spacial score (nSPS) is 18.6. The highest BCUT2D eigenvalue weighted by Gasteiger charge is 2.28. The van der Waals surface area contributed by atoms with Crippen molar-refractivity contribution in [3.05, 3.63) is 59.7 Å². The fraction of sp³-hybridized carbons (Fsp3) is 0.294. The molecule has 0 saturated carbocycles. The van der Waals surface area contributed by atoms with Crippen LogP contribution in [-0.2, 0) is 0 Å². The number of rotatable bonds is 3. The monoisotopic (exact) mass is 269 g/mol. The molecule has 3 heteroatoms. The van der Waals surface area contributed by atoms with Gasteiger partial charge in [0.15, 0.2) is 17.6 Å². The van der Waals surface area contributed by atoms with Gasteiger partial charge >= 0.3 is 0 Å². The molecule has 0 bridgehead atoms. The topological polar surface area (TPSA) is 30.5 Å². The smallest absolute Gasteiger partial charge is 0.161 e. The molecule has 2 atom stereocenters. The fourth-order valence-electron chi connectivity index (χ4n) is 2.54. The van der Waals surface area contributed by atoms with Gasteiger partial charge in [0.1, 0.15) is 6.61 Å². The van der Waals surface area contributed by atoms with E-state index in [9.17, 15) is 0 Å². The number of benzene rings is 2. The maximum absolute atomic E-state index is 6.08. The van der Waals surface area contributed by atoms with E-state index in [1.807, 2.05) is 31.3 Å². The molecule has 2 aromatic carbocycles. The van der Waals surface area contributed by atoms with Crippen molar-refractivity contribution in [2.75, 3.05) is 13.7 Å². The lowest BCUT2D eigenvalue weighted by molar-refractivity contribution is 0.0638. The number of hydrogen-bond acceptors (Lipinski definition) is 3. The molecule has 3 rings (SSSR count). The molecule has 104 valence electrons. The molecule has 1 aliphatic heterocycles. The van der Waals surface area contributed by atoms with Crippen molar-refractivity contribution < 1.29 is 9.47 Å². The van der Waals surface area contributed by atoms with E-state index in [2.05, 4.69) is 36.5 Å². The average molecular weight is 269 g/mol. The Kier molecular flexibility index (Phi) is 3.61. The number of nitrogens with one attached hydrogen (secondary N) is 1. The molecule has 0 aromatic heterocycles. The SMILES string of the molecule is CNC(c1ccc(C)cc1)C1COc2ccccc2O1. The van der Waals surface area contributed by atoms with E-state index in [-0.39, 0.29) is 12.1 Å². The summed E-state index contributed by atoms with van der Waals surface area (Å²) in [5.74, 6) is 1.64. The Hall–Kier alpha value is -2.00. The molecular weight excluding hydrogens is 250 g/mol. The Bertz CT molecular complexity index is 580. The molecule has 0 saturated heterocycles. The molecule has 1 aliphatic rings. The molecule has 3 nitrogen and oxygen atoms in total. The summed E-state index contributed by atoms with van der Waals surface area (Å²) in [5.41, 5.74) is 2.47. The Morgan fingerprint density at radius 2 is 1.75 bits per heavy atom. The van der Waals surface area contributed by atoms with E-state index in [0.29, 0.717) is 6.61 Å². The lowest BCUT2D eigenvalue weighted by atomic mass is 10.00. The number of para-hydroxylation sites is 2. The summed E-state index contributed by atoms with van der Waals surface area (Å²) < 4.78 is 11.9. The number of aryl methyl sites for hydroxylation is 1. The van der Waals surface area contributed by atoms with Crippen molar-refractivity contribution in [1.29, 1.82) is 0 Å². The van der Waals surface area contributed by atoms with Gasteiger partial charge in [-0.2, -0.15) is 0 Å². The summed E-state index contributed by atoms with van der Waals surface area (Å²) in [6.07, 6.45) is -0.0300. The molecule has 0 amide bonds. The molecule has 0 fully saturated rings. The van der Waals surface area contributed by atoms with Gasteiger partial charge in [0.05, 0.1) is 6.04 Å². The van der Waals surface area contributed by atoms with Gasteiger partial charge in [-0.3, -0.25) is 0 Å². The highest BCUT2D eigenvalue weighted by Crippen LogP contribution is 2.34. The van der Waals surface area contributed by atoms with Gasteiger partial charge in [0.25, 0.3) is 0 Å². The second kappa shape index (κ2) is 5.55. The highest BCUT2D eigenvalue weighted by molar-refractivity contribution is 5.41. The van der Waals surface area contributed by atoms with Crippen LogP contribution in [-0.4, -0.2) is 19.8 Å². The van der Waals surface area contributed by atoms with Crippen molar-refractivity contribution in [1.82, 2.24) is 5.32 Å². The quantitative estimate of drug-likeness (QED) is 0.928. The van der Waals surface area contributed by atoms with Crippen molar-refractivity contribution in [2.24, 2.45) is 0 Å². The second-order valence-electron chi connectivity index (χ2n) is 5.09. The zero-order valence-electron chi connectivity index (χ0n) is 11.8. The first-order valence-corrected chi connectivity index (χ1v) is 6.90. The van der Waals surface area contributed by atoms with Crippen LogP contribution in [0.2, 0.25) is 0 Å². The van der Waals surface area contributed by atoms with E-state index >= 15 is 0 Å². The molecule has 2 aromatic rings. The van der Waals surface area contributed by atoms with Gasteiger partial charge in [-0.1, -0.05) is 42.0 Å². The third-order valence-corrected chi connectivity index (χ3v) is 3.65. The first-order valence-electron chi connectivity index (χ1n) is 6.90. The van der Waals surface area contributed by atoms with Gasteiger partial charge in [-0.15, -0.1) is 0 Å². The van der Waals surface area contributed by atoms with E-state index in [4.69, 9.17) is 9.47 Å². The van der Waals surface area contributed by atoms with Crippen LogP contribution in [0.15, 0.2) is 48.5 Å². The first-order chi connectivity index (χ1) is 9.78. The Morgan fingerprint density at radius 1 is 1.05 bits per heavy atom. The number of fused-ring (bicyclic) bond motifs is 1. The van der Waals surface area contributed by atoms with Crippen molar-refractivity contribution in [3.63, 3.8) is 0 Å². The summed E-state index contributed by atoms with van der Waals surface area (Å²) in [6.45, 7) is 2.64. The minimum absolute atomic E-state index is 0.0300. The van der Waals surface area contributed by atoms with Crippen LogP contribution in [0.1, 0.15) is 17.2 Å². The number of hydrogen-bond donors (Lipinski definition) is 1. The zero-order chi connectivity index (χ0) is 13.9. The zero-order valence-corrected chi connectivity index (χ0v) is 11.8. The minimum atomic E-state index is -0.0300. The van der Waals surface area contributed by atoms with Crippen LogP contribution in [0, 0.1) is 6.92 Å². The maximum Gasteiger partial charge on any atom is 0.161 e. The molecule has 0 radical (unpaired) electrons. The molecule has 1 N–H and O–H groups in total. The third kappa shape index (κ3) is 2.49. The van der Waals surface area contributed by atoms with Crippen LogP contribution in [0.3, 0.4) is 0 Å². The average Bonchev–Trinajstić information content (AvgIpc) is 2.50. The number of likely N-dealkylation sites (N-methyl/N-ethyl adjacent to an activating group) is 1. The van der Waals surface area contributed by atoms with E-state index in [1.165, 1.54) is 11.1 Å². The van der Waals surface area contributed by atoms with Gasteiger partial charge in [0, 0.05) is 0 Å². The lowest BCUT2D eigenvalue weighted by Crippen LogP contribution is -2.40. The van der Waals surface area contributed by atoms with Gasteiger partial charge < -0.3 is 14.8 Å². The fourth-order valence-corrected chi connectivity index (χ4v) is 2.54. The summed E-state index contributed by atoms with van der Waals surface area (Å²) in [7, 11) is 1.95. The molecular formula is C17H19NO2. The predicted octanol–water partition coefficient (Wildman–Crippen LogP) is 3.10. The van der Waals surface area contributed by atoms with Gasteiger partial charge in [0.2, 0.25) is 0 Å². The molecule has 20 heavy (non-hydrogen) atoms. The molecule has 2 unspecified atom stereocenters. The van der Waals surface area contributed by atoms with Crippen LogP contribution in [0.4, 0.5) is 0 Å². The lowest BCUT2D eigenvalue weighted by Gasteiger charge is -2.32. The standard InChI is InChI=1S/C17H19NO2/c1-12-7-9-13(10-8-12)17(18-2)16-11-19-14-5-3-4-6-15(14)20-16/h3-10,16-18H,11H2,1-2H3. The van der Waals surface area contributed by atoms with Crippen LogP contribution in [0.25, 0.3) is 0 Å². The number of ether oxygens (including phenoxy) is 2. The predicted molar refractivity (Wildman–Crippen MR) is 79.3 cm³/mol. The summed E-state index contributed by atoms with van der Waals surface area (Å²) >= 11 is 0. The van der Waals surface area contributed by atoms with E-state index in [1.54, 1.807) is 0 Å². The Balaban J connectivity index is 1.83. The molecule has 0 spiro atoms. The van der Waals surface area contributed by atoms with Crippen molar-refractivity contribution >= 4 is 0 Å². The summed E-state index contributed by atoms with van der Waals surface area (Å²) in [6, 6.07) is 16.4. The molecule has 0 aliphatic carbocycles. The third-order valence-electron chi connectivity index (χ3n) is 3.65. The van der Waals surface area contributed by atoms with Crippen molar-refractivity contribution in [2.45, 2.75) is 19.1 Å². The largest absolute Gasteiger partial charge is 0.486 e. The van der Waals surface area contributed by atoms with E-state index in [0.717, 1.165) is 11.5 Å². The van der Waals surface area contributed by atoms with E-state index < -0.39 is 0 Å². The van der Waals surface area contributed by atoms with Gasteiger partial charge in [-0.05, 0) is 31.7 Å². The first kappa shape index (κ1) is 13.0. The van der Waals surface area contributed by atoms with Crippen LogP contribution >= 0.6 is 0 Å². The Morgan fingerprint density at radius 3 is 2.45 bits per heavy atom. The summed E-state index contributed by atoms with van der Waals surface area (Å²) in [4.78, 5) is 0.